The molecule has 2 aromatic carbocycles. The summed E-state index contributed by atoms with van der Waals surface area (Å²) in [5.41, 5.74) is 3.79. The van der Waals surface area contributed by atoms with E-state index in [2.05, 4.69) is 65.9 Å². The maximum atomic E-state index is 5.58. The van der Waals surface area contributed by atoms with Crippen LogP contribution in [0.5, 0.6) is 5.75 Å². The lowest BCUT2D eigenvalue weighted by Gasteiger charge is -2.17. The Hall–Kier alpha value is -2.53. The summed E-state index contributed by atoms with van der Waals surface area (Å²) in [6.07, 6.45) is 0. The molecule has 1 atom stereocenters. The Kier molecular flexibility index (Phi) is 8.65. The first-order valence-corrected chi connectivity index (χ1v) is 9.34. The van der Waals surface area contributed by atoms with E-state index in [9.17, 15) is 0 Å². The van der Waals surface area contributed by atoms with E-state index < -0.39 is 0 Å². The Labute approximate surface area is 162 Å². The molecule has 27 heavy (non-hydrogen) atoms. The molecule has 2 aromatic rings. The Morgan fingerprint density at radius 2 is 1.85 bits per heavy atom. The van der Waals surface area contributed by atoms with Gasteiger partial charge < -0.3 is 20.1 Å². The van der Waals surface area contributed by atoms with Gasteiger partial charge in [0.25, 0.3) is 0 Å². The van der Waals surface area contributed by atoms with Gasteiger partial charge in [-0.15, -0.1) is 0 Å². The van der Waals surface area contributed by atoms with Crippen molar-refractivity contribution in [2.75, 3.05) is 33.9 Å². The lowest BCUT2D eigenvalue weighted by Crippen LogP contribution is -2.38. The van der Waals surface area contributed by atoms with Crippen LogP contribution >= 0.6 is 0 Å². The Balaban J connectivity index is 1.78. The minimum Gasteiger partial charge on any atom is -0.491 e. The smallest absolute Gasteiger partial charge is 0.191 e. The third-order valence-electron chi connectivity index (χ3n) is 4.35. The van der Waals surface area contributed by atoms with Crippen LogP contribution in [0.1, 0.15) is 29.5 Å². The molecule has 0 heterocycles. The summed E-state index contributed by atoms with van der Waals surface area (Å²) in [6, 6.07) is 16.7. The Bertz CT molecular complexity index is 714. The molecule has 2 rings (SSSR count). The number of rotatable bonds is 9. The van der Waals surface area contributed by atoms with Gasteiger partial charge in [0.05, 0.1) is 6.61 Å². The van der Waals surface area contributed by atoms with Crippen LogP contribution in [0.15, 0.2) is 53.5 Å². The zero-order valence-corrected chi connectivity index (χ0v) is 16.8. The average Bonchev–Trinajstić information content (AvgIpc) is 2.69. The number of nitrogens with one attached hydrogen (secondary N) is 2. The number of hydrogen-bond acceptors (Lipinski definition) is 3. The molecule has 1 unspecified atom stereocenters. The molecule has 0 saturated carbocycles. The van der Waals surface area contributed by atoms with Gasteiger partial charge in [0.2, 0.25) is 0 Å². The molecule has 0 fully saturated rings. The van der Waals surface area contributed by atoms with E-state index in [1.807, 2.05) is 12.1 Å². The summed E-state index contributed by atoms with van der Waals surface area (Å²) in [6.45, 7) is 7.03. The van der Waals surface area contributed by atoms with Crippen molar-refractivity contribution in [2.45, 2.75) is 26.3 Å². The number of ether oxygens (including phenoxy) is 2. The fraction of sp³-hybridized carbons (Fsp3) is 0.409. The van der Waals surface area contributed by atoms with Crippen LogP contribution in [-0.2, 0) is 11.3 Å². The zero-order chi connectivity index (χ0) is 19.5. The van der Waals surface area contributed by atoms with Crippen molar-refractivity contribution >= 4 is 5.96 Å². The Morgan fingerprint density at radius 3 is 2.52 bits per heavy atom. The van der Waals surface area contributed by atoms with Crippen LogP contribution in [0.2, 0.25) is 0 Å². The van der Waals surface area contributed by atoms with E-state index in [4.69, 9.17) is 9.47 Å². The summed E-state index contributed by atoms with van der Waals surface area (Å²) in [4.78, 5) is 4.31. The zero-order valence-electron chi connectivity index (χ0n) is 16.8. The third kappa shape index (κ3) is 7.31. The van der Waals surface area contributed by atoms with Crippen molar-refractivity contribution in [3.05, 3.63) is 65.2 Å². The topological polar surface area (TPSA) is 54.9 Å². The molecule has 0 aromatic heterocycles. The molecule has 146 valence electrons. The molecule has 0 aliphatic rings. The standard InChI is InChI=1S/C22H31N3O2/c1-17-6-5-7-20(14-17)18(2)15-24-22(23-3)25-16-19-8-10-21(11-9-19)27-13-12-26-4/h5-11,14,18H,12-13,15-16H2,1-4H3,(H2,23,24,25). The van der Waals surface area contributed by atoms with Crippen LogP contribution in [0, 0.1) is 6.92 Å². The second kappa shape index (κ2) is 11.2. The molecule has 0 spiro atoms. The highest BCUT2D eigenvalue weighted by Crippen LogP contribution is 2.15. The first kappa shape index (κ1) is 20.8. The van der Waals surface area contributed by atoms with Gasteiger partial charge in [-0.1, -0.05) is 48.9 Å². The highest BCUT2D eigenvalue weighted by Gasteiger charge is 2.07. The van der Waals surface area contributed by atoms with Gasteiger partial charge in [-0.2, -0.15) is 0 Å². The van der Waals surface area contributed by atoms with E-state index >= 15 is 0 Å². The van der Waals surface area contributed by atoms with Gasteiger partial charge in [-0.05, 0) is 36.1 Å². The summed E-state index contributed by atoms with van der Waals surface area (Å²) < 4.78 is 10.6. The highest BCUT2D eigenvalue weighted by atomic mass is 16.5. The van der Waals surface area contributed by atoms with E-state index in [0.29, 0.717) is 25.7 Å². The van der Waals surface area contributed by atoms with Crippen LogP contribution < -0.4 is 15.4 Å². The van der Waals surface area contributed by atoms with Gasteiger partial charge in [0.1, 0.15) is 12.4 Å². The van der Waals surface area contributed by atoms with Gasteiger partial charge in [-0.25, -0.2) is 0 Å². The largest absolute Gasteiger partial charge is 0.491 e. The van der Waals surface area contributed by atoms with Crippen molar-refractivity contribution in [1.29, 1.82) is 0 Å². The number of guanidine groups is 1. The van der Waals surface area contributed by atoms with Crippen molar-refractivity contribution < 1.29 is 9.47 Å². The van der Waals surface area contributed by atoms with Crippen molar-refractivity contribution in [1.82, 2.24) is 10.6 Å². The second-order valence-electron chi connectivity index (χ2n) is 6.61. The number of aliphatic imine (C=N–C) groups is 1. The number of aryl methyl sites for hydroxylation is 1. The van der Waals surface area contributed by atoms with Gasteiger partial charge in [0.15, 0.2) is 5.96 Å². The highest BCUT2D eigenvalue weighted by molar-refractivity contribution is 5.79. The normalized spacial score (nSPS) is 12.5. The van der Waals surface area contributed by atoms with E-state index in [1.165, 1.54) is 16.7 Å². The second-order valence-corrected chi connectivity index (χ2v) is 6.61. The van der Waals surface area contributed by atoms with Gasteiger partial charge in [0, 0.05) is 27.2 Å². The summed E-state index contributed by atoms with van der Waals surface area (Å²) >= 11 is 0. The van der Waals surface area contributed by atoms with Gasteiger partial charge in [-0.3, -0.25) is 4.99 Å². The SMILES string of the molecule is CN=C(NCc1ccc(OCCOC)cc1)NCC(C)c1cccc(C)c1. The van der Waals surface area contributed by atoms with Crippen LogP contribution in [-0.4, -0.2) is 39.9 Å². The summed E-state index contributed by atoms with van der Waals surface area (Å²) in [7, 11) is 3.46. The molecule has 2 N–H and O–H groups in total. The summed E-state index contributed by atoms with van der Waals surface area (Å²) in [5, 5.41) is 6.76. The maximum absolute atomic E-state index is 5.58. The van der Waals surface area contributed by atoms with Crippen molar-refractivity contribution in [2.24, 2.45) is 4.99 Å². The molecular weight excluding hydrogens is 338 g/mol. The molecule has 0 radical (unpaired) electrons. The molecule has 0 aliphatic carbocycles. The summed E-state index contributed by atoms with van der Waals surface area (Å²) in [5.74, 6) is 2.06. The van der Waals surface area contributed by atoms with Crippen LogP contribution in [0.4, 0.5) is 0 Å². The quantitative estimate of drug-likeness (QED) is 0.404. The lowest BCUT2D eigenvalue weighted by molar-refractivity contribution is 0.146. The number of hydrogen-bond donors (Lipinski definition) is 2. The minimum absolute atomic E-state index is 0.409. The molecule has 0 aliphatic heterocycles. The molecule has 5 nitrogen and oxygen atoms in total. The maximum Gasteiger partial charge on any atom is 0.191 e. The molecule has 0 amide bonds. The van der Waals surface area contributed by atoms with Crippen molar-refractivity contribution in [3.8, 4) is 5.75 Å². The van der Waals surface area contributed by atoms with E-state index in [-0.39, 0.29) is 0 Å². The number of methoxy groups -OCH3 is 1. The van der Waals surface area contributed by atoms with Crippen molar-refractivity contribution in [3.63, 3.8) is 0 Å². The fourth-order valence-electron chi connectivity index (χ4n) is 2.70. The first-order chi connectivity index (χ1) is 13.1. The van der Waals surface area contributed by atoms with Crippen LogP contribution in [0.3, 0.4) is 0 Å². The first-order valence-electron chi connectivity index (χ1n) is 9.34. The average molecular weight is 370 g/mol. The molecular formula is C22H31N3O2. The van der Waals surface area contributed by atoms with Gasteiger partial charge >= 0.3 is 0 Å². The van der Waals surface area contributed by atoms with Crippen LogP contribution in [0.25, 0.3) is 0 Å². The molecule has 0 saturated heterocycles. The Morgan fingerprint density at radius 1 is 1.07 bits per heavy atom. The minimum atomic E-state index is 0.409. The molecule has 0 bridgehead atoms. The predicted octanol–water partition coefficient (Wildman–Crippen LogP) is 3.49. The number of nitrogens with zero attached hydrogens (tertiary/aromatic N) is 1. The fourth-order valence-corrected chi connectivity index (χ4v) is 2.70. The monoisotopic (exact) mass is 369 g/mol. The number of benzene rings is 2. The lowest BCUT2D eigenvalue weighted by atomic mass is 9.99. The van der Waals surface area contributed by atoms with E-state index in [0.717, 1.165) is 18.3 Å². The molecule has 5 heteroatoms. The predicted molar refractivity (Wildman–Crippen MR) is 112 cm³/mol. The van der Waals surface area contributed by atoms with E-state index in [1.54, 1.807) is 14.2 Å². The third-order valence-corrected chi connectivity index (χ3v) is 4.35.